The van der Waals surface area contributed by atoms with Gasteiger partial charge in [0.25, 0.3) is 6.43 Å². The summed E-state index contributed by atoms with van der Waals surface area (Å²) in [6.07, 6.45) is -0.795. The van der Waals surface area contributed by atoms with Crippen LogP contribution < -0.4 is 0 Å². The number of hydrogen-bond acceptors (Lipinski definition) is 3. The lowest BCUT2D eigenvalue weighted by Gasteiger charge is -2.21. The van der Waals surface area contributed by atoms with Gasteiger partial charge >= 0.3 is 0 Å². The minimum absolute atomic E-state index is 0.205. The molecule has 0 N–H and O–H groups in total. The Balaban J connectivity index is 2.09. The van der Waals surface area contributed by atoms with Crippen molar-refractivity contribution in [2.75, 3.05) is 7.05 Å². The molecule has 1 atom stereocenters. The third-order valence-corrected chi connectivity index (χ3v) is 3.68. The number of carbonyl (C=O) groups excluding carboxylic acids is 1. The van der Waals surface area contributed by atoms with Gasteiger partial charge in [-0.1, -0.05) is 0 Å². The topological polar surface area (TPSA) is 56.0 Å². The van der Waals surface area contributed by atoms with Crippen molar-refractivity contribution in [1.82, 2.24) is 24.5 Å². The average molecular weight is 325 g/mol. The summed E-state index contributed by atoms with van der Waals surface area (Å²) < 4.78 is 28.6. The summed E-state index contributed by atoms with van der Waals surface area (Å²) in [4.78, 5) is 14.0. The Morgan fingerprint density at radius 3 is 2.61 bits per heavy atom. The molecule has 2 aromatic rings. The number of likely N-dealkylation sites (N-methyl/N-ethyl adjacent to an activating group) is 1. The molecule has 0 saturated heterocycles. The molecule has 2 aromatic heterocycles. The van der Waals surface area contributed by atoms with E-state index in [1.54, 1.807) is 25.6 Å². The fraction of sp³-hybridized carbons (Fsp3) is 0.533. The second-order valence-electron chi connectivity index (χ2n) is 5.49. The highest BCUT2D eigenvalue weighted by Crippen LogP contribution is 2.21. The van der Waals surface area contributed by atoms with E-state index in [0.29, 0.717) is 12.2 Å². The van der Waals surface area contributed by atoms with Crippen molar-refractivity contribution >= 4 is 5.91 Å². The molecule has 0 bridgehead atoms. The predicted octanol–water partition coefficient (Wildman–Crippen LogP) is 2.57. The Labute approximate surface area is 133 Å². The van der Waals surface area contributed by atoms with Gasteiger partial charge in [-0.3, -0.25) is 14.2 Å². The van der Waals surface area contributed by atoms with E-state index in [9.17, 15) is 13.6 Å². The van der Waals surface area contributed by atoms with Crippen LogP contribution in [0.25, 0.3) is 0 Å². The first-order valence-corrected chi connectivity index (χ1v) is 7.45. The summed E-state index contributed by atoms with van der Waals surface area (Å²) in [7, 11) is 1.66. The number of halogens is 2. The van der Waals surface area contributed by atoms with Gasteiger partial charge in [-0.15, -0.1) is 0 Å². The number of aryl methyl sites for hydroxylation is 2. The van der Waals surface area contributed by atoms with Gasteiger partial charge < -0.3 is 4.90 Å². The summed E-state index contributed by atoms with van der Waals surface area (Å²) in [6.45, 7) is 6.41. The maximum absolute atomic E-state index is 12.7. The van der Waals surface area contributed by atoms with E-state index in [1.807, 2.05) is 19.2 Å². The summed E-state index contributed by atoms with van der Waals surface area (Å²) in [5, 5.41) is 8.17. The van der Waals surface area contributed by atoms with Gasteiger partial charge in [-0.05, 0) is 32.9 Å². The van der Waals surface area contributed by atoms with Crippen molar-refractivity contribution in [3.63, 3.8) is 0 Å². The lowest BCUT2D eigenvalue weighted by atomic mass is 10.2. The summed E-state index contributed by atoms with van der Waals surface area (Å²) >= 11 is 0. The smallest absolute Gasteiger partial charge is 0.282 e. The van der Waals surface area contributed by atoms with Crippen LogP contribution >= 0.6 is 0 Å². The first-order chi connectivity index (χ1) is 10.8. The van der Waals surface area contributed by atoms with Gasteiger partial charge in [0.05, 0.1) is 12.2 Å². The molecule has 2 heterocycles. The molecular weight excluding hydrogens is 304 g/mol. The van der Waals surface area contributed by atoms with Crippen molar-refractivity contribution in [3.05, 3.63) is 35.4 Å². The first-order valence-electron chi connectivity index (χ1n) is 7.45. The fourth-order valence-electron chi connectivity index (χ4n) is 2.42. The van der Waals surface area contributed by atoms with Crippen molar-refractivity contribution in [2.24, 2.45) is 0 Å². The predicted molar refractivity (Wildman–Crippen MR) is 81.0 cm³/mol. The van der Waals surface area contributed by atoms with Crippen molar-refractivity contribution in [2.45, 2.75) is 46.3 Å². The molecular formula is C15H21F2N5O. The highest BCUT2D eigenvalue weighted by Gasteiger charge is 2.24. The number of nitrogens with zero attached hydrogens (tertiary/aromatic N) is 5. The van der Waals surface area contributed by atoms with Crippen LogP contribution in [0.5, 0.6) is 0 Å². The summed E-state index contributed by atoms with van der Waals surface area (Å²) in [5.74, 6) is -0.205. The Hall–Kier alpha value is -2.25. The number of aromatic nitrogens is 4. The Kier molecular flexibility index (Phi) is 5.12. The average Bonchev–Trinajstić information content (AvgIpc) is 3.12. The second-order valence-corrected chi connectivity index (χ2v) is 5.49. The first kappa shape index (κ1) is 17.1. The Bertz CT molecular complexity index is 679. The second kappa shape index (κ2) is 6.89. The zero-order valence-electron chi connectivity index (χ0n) is 13.7. The van der Waals surface area contributed by atoms with Crippen LogP contribution in [0.3, 0.4) is 0 Å². The van der Waals surface area contributed by atoms with Crippen LogP contribution in [-0.4, -0.2) is 37.4 Å². The Morgan fingerprint density at radius 2 is 2.09 bits per heavy atom. The fourth-order valence-corrected chi connectivity index (χ4v) is 2.42. The molecule has 0 aliphatic carbocycles. The summed E-state index contributed by atoms with van der Waals surface area (Å²) in [5.41, 5.74) is 0.997. The zero-order valence-corrected chi connectivity index (χ0v) is 13.7. The molecule has 6 nitrogen and oxygen atoms in total. The van der Waals surface area contributed by atoms with Crippen LogP contribution in [0, 0.1) is 6.92 Å². The van der Waals surface area contributed by atoms with Crippen molar-refractivity contribution < 1.29 is 13.6 Å². The third kappa shape index (κ3) is 3.75. The number of amides is 1. The quantitative estimate of drug-likeness (QED) is 0.820. The normalized spacial score (nSPS) is 12.7. The summed E-state index contributed by atoms with van der Waals surface area (Å²) in [6, 6.07) is 2.50. The molecule has 1 amide bonds. The molecule has 0 saturated carbocycles. The van der Waals surface area contributed by atoms with E-state index in [0.717, 1.165) is 12.2 Å². The number of rotatable bonds is 6. The molecule has 0 fully saturated rings. The SMILES string of the molecule is CCn1ccc(CN(C)C(=O)C(C)n2nc(C(F)F)cc2C)n1. The monoisotopic (exact) mass is 325 g/mol. The standard InChI is InChI=1S/C15H21F2N5O/c1-5-21-7-6-12(18-21)9-20(4)15(23)11(3)22-10(2)8-13(19-22)14(16)17/h6-8,11,14H,5,9H2,1-4H3. The maximum atomic E-state index is 12.7. The Morgan fingerprint density at radius 1 is 1.39 bits per heavy atom. The highest BCUT2D eigenvalue weighted by molar-refractivity contribution is 5.79. The van der Waals surface area contributed by atoms with Gasteiger partial charge in [0.2, 0.25) is 5.91 Å². The zero-order chi connectivity index (χ0) is 17.1. The molecule has 2 rings (SSSR count). The molecule has 0 aliphatic rings. The van der Waals surface area contributed by atoms with E-state index < -0.39 is 12.5 Å². The van der Waals surface area contributed by atoms with Crippen molar-refractivity contribution in [1.29, 1.82) is 0 Å². The lowest BCUT2D eigenvalue weighted by molar-refractivity contribution is -0.133. The van der Waals surface area contributed by atoms with E-state index in [1.165, 1.54) is 15.6 Å². The van der Waals surface area contributed by atoms with E-state index in [-0.39, 0.29) is 11.6 Å². The lowest BCUT2D eigenvalue weighted by Crippen LogP contribution is -2.33. The van der Waals surface area contributed by atoms with E-state index in [4.69, 9.17) is 0 Å². The molecule has 0 aromatic carbocycles. The maximum Gasteiger partial charge on any atom is 0.282 e. The van der Waals surface area contributed by atoms with Gasteiger partial charge in [0.15, 0.2) is 0 Å². The van der Waals surface area contributed by atoms with E-state index in [2.05, 4.69) is 10.2 Å². The molecule has 1 unspecified atom stereocenters. The minimum Gasteiger partial charge on any atom is -0.338 e. The van der Waals surface area contributed by atoms with Gasteiger partial charge in [0.1, 0.15) is 11.7 Å². The van der Waals surface area contributed by atoms with Crippen LogP contribution in [-0.2, 0) is 17.9 Å². The van der Waals surface area contributed by atoms with Gasteiger partial charge in [-0.2, -0.15) is 10.2 Å². The minimum atomic E-state index is -2.65. The van der Waals surface area contributed by atoms with Crippen LogP contribution in [0.4, 0.5) is 8.78 Å². The van der Waals surface area contributed by atoms with Crippen LogP contribution in [0.1, 0.15) is 43.4 Å². The number of hydrogen-bond donors (Lipinski definition) is 0. The largest absolute Gasteiger partial charge is 0.338 e. The van der Waals surface area contributed by atoms with E-state index >= 15 is 0 Å². The number of alkyl halides is 2. The highest BCUT2D eigenvalue weighted by atomic mass is 19.3. The number of carbonyl (C=O) groups is 1. The molecule has 0 aliphatic heterocycles. The van der Waals surface area contributed by atoms with Crippen LogP contribution in [0.15, 0.2) is 18.3 Å². The molecule has 8 heteroatoms. The molecule has 126 valence electrons. The van der Waals surface area contributed by atoms with Gasteiger partial charge in [-0.25, -0.2) is 8.78 Å². The van der Waals surface area contributed by atoms with Gasteiger partial charge in [0, 0.05) is 25.5 Å². The van der Waals surface area contributed by atoms with Crippen LogP contribution in [0.2, 0.25) is 0 Å². The molecule has 0 spiro atoms. The molecule has 0 radical (unpaired) electrons. The third-order valence-electron chi connectivity index (χ3n) is 3.68. The van der Waals surface area contributed by atoms with Crippen molar-refractivity contribution in [3.8, 4) is 0 Å². The molecule has 23 heavy (non-hydrogen) atoms.